The molecule has 0 radical (unpaired) electrons. The van der Waals surface area contributed by atoms with Crippen molar-refractivity contribution in [3.8, 4) is 10.8 Å². The number of amides is 2. The fraction of sp³-hybridized carbons (Fsp3) is 0.286. The molecule has 1 aromatic carbocycles. The number of thiophene rings is 1. The zero-order chi connectivity index (χ0) is 19.5. The van der Waals surface area contributed by atoms with Crippen LogP contribution in [-0.4, -0.2) is 36.2 Å². The Morgan fingerprint density at radius 1 is 1.25 bits per heavy atom. The molecule has 0 spiro atoms. The summed E-state index contributed by atoms with van der Waals surface area (Å²) in [6.07, 6.45) is 5.12. The maximum atomic E-state index is 12.5. The molecule has 0 bridgehead atoms. The van der Waals surface area contributed by atoms with Crippen molar-refractivity contribution < 1.29 is 9.53 Å². The predicted molar refractivity (Wildman–Crippen MR) is 113 cm³/mol. The Balaban J connectivity index is 1.51. The van der Waals surface area contributed by atoms with Crippen LogP contribution in [0.4, 0.5) is 10.5 Å². The number of methoxy groups -OCH3 is 1. The molecule has 6 nitrogen and oxygen atoms in total. The highest BCUT2D eigenvalue weighted by Gasteiger charge is 2.23. The standard InChI is InChI=1S/C21H24N4O2S/c1-24-11-8-17-18(20(28-19(17)14-24)25-9-3-4-10-25)13-22-21(26)23-15-6-5-7-16(12-15)27-2/h3-7,9-10,12H,8,11,13-14H2,1-2H3,(H2,22,23,26). The summed E-state index contributed by atoms with van der Waals surface area (Å²) in [7, 11) is 3.76. The molecule has 0 atom stereocenters. The van der Waals surface area contributed by atoms with Gasteiger partial charge in [-0.05, 0) is 43.3 Å². The first-order valence-electron chi connectivity index (χ1n) is 9.28. The van der Waals surface area contributed by atoms with E-state index in [1.807, 2.05) is 41.7 Å². The molecule has 0 aliphatic carbocycles. The number of likely N-dealkylation sites (N-methyl/N-ethyl adjacent to an activating group) is 1. The number of carbonyl (C=O) groups excluding carboxylic acids is 1. The second kappa shape index (κ2) is 8.08. The molecule has 3 heterocycles. The lowest BCUT2D eigenvalue weighted by Crippen LogP contribution is -2.30. The fourth-order valence-electron chi connectivity index (χ4n) is 3.49. The second-order valence-corrected chi connectivity index (χ2v) is 7.99. The number of carbonyl (C=O) groups is 1. The van der Waals surface area contributed by atoms with Crippen LogP contribution >= 0.6 is 11.3 Å². The molecule has 0 saturated carbocycles. The van der Waals surface area contributed by atoms with Gasteiger partial charge in [-0.1, -0.05) is 6.07 Å². The van der Waals surface area contributed by atoms with Gasteiger partial charge >= 0.3 is 6.03 Å². The molecule has 2 amide bonds. The zero-order valence-electron chi connectivity index (χ0n) is 16.1. The highest BCUT2D eigenvalue weighted by atomic mass is 32.1. The van der Waals surface area contributed by atoms with Crippen molar-refractivity contribution in [2.45, 2.75) is 19.5 Å². The summed E-state index contributed by atoms with van der Waals surface area (Å²) in [4.78, 5) is 16.2. The first kappa shape index (κ1) is 18.6. The highest BCUT2D eigenvalue weighted by Crippen LogP contribution is 2.35. The lowest BCUT2D eigenvalue weighted by atomic mass is 10.0. The van der Waals surface area contributed by atoms with E-state index in [2.05, 4.69) is 39.5 Å². The van der Waals surface area contributed by atoms with E-state index < -0.39 is 0 Å². The maximum absolute atomic E-state index is 12.5. The number of ether oxygens (including phenoxy) is 1. The van der Waals surface area contributed by atoms with E-state index in [1.165, 1.54) is 21.0 Å². The number of nitrogens with zero attached hydrogens (tertiary/aromatic N) is 2. The Morgan fingerprint density at radius 3 is 2.86 bits per heavy atom. The van der Waals surface area contributed by atoms with Crippen LogP contribution in [0.15, 0.2) is 48.8 Å². The quantitative estimate of drug-likeness (QED) is 0.689. The van der Waals surface area contributed by atoms with Crippen LogP contribution in [-0.2, 0) is 19.5 Å². The van der Waals surface area contributed by atoms with E-state index in [1.54, 1.807) is 13.2 Å². The molecule has 4 rings (SSSR count). The van der Waals surface area contributed by atoms with E-state index in [9.17, 15) is 4.79 Å². The number of anilines is 1. The third-order valence-electron chi connectivity index (χ3n) is 4.93. The van der Waals surface area contributed by atoms with Gasteiger partial charge in [0.2, 0.25) is 0 Å². The molecule has 2 aromatic heterocycles. The third-order valence-corrected chi connectivity index (χ3v) is 6.20. The van der Waals surface area contributed by atoms with Gasteiger partial charge < -0.3 is 24.8 Å². The molecule has 7 heteroatoms. The zero-order valence-corrected chi connectivity index (χ0v) is 16.9. The van der Waals surface area contributed by atoms with E-state index in [0.29, 0.717) is 18.0 Å². The summed E-state index contributed by atoms with van der Waals surface area (Å²) in [5.41, 5.74) is 3.30. The smallest absolute Gasteiger partial charge is 0.319 e. The maximum Gasteiger partial charge on any atom is 0.319 e. The molecule has 1 aliphatic rings. The average molecular weight is 397 g/mol. The van der Waals surface area contributed by atoms with Crippen molar-refractivity contribution in [2.24, 2.45) is 0 Å². The van der Waals surface area contributed by atoms with Crippen molar-refractivity contribution >= 4 is 23.1 Å². The molecule has 0 unspecified atom stereocenters. The fourth-order valence-corrected chi connectivity index (χ4v) is 4.90. The summed E-state index contributed by atoms with van der Waals surface area (Å²) < 4.78 is 7.35. The number of urea groups is 1. The molecule has 2 N–H and O–H groups in total. The van der Waals surface area contributed by atoms with Crippen LogP contribution in [0, 0.1) is 0 Å². The summed E-state index contributed by atoms with van der Waals surface area (Å²) in [6, 6.07) is 11.2. The van der Waals surface area contributed by atoms with Crippen LogP contribution < -0.4 is 15.4 Å². The van der Waals surface area contributed by atoms with Crippen LogP contribution in [0.2, 0.25) is 0 Å². The summed E-state index contributed by atoms with van der Waals surface area (Å²) in [5.74, 6) is 0.712. The van der Waals surface area contributed by atoms with Crippen molar-refractivity contribution in [2.75, 3.05) is 26.0 Å². The second-order valence-electron chi connectivity index (χ2n) is 6.91. The van der Waals surface area contributed by atoms with Gasteiger partial charge in [-0.3, -0.25) is 0 Å². The van der Waals surface area contributed by atoms with Crippen LogP contribution in [0.5, 0.6) is 5.75 Å². The number of benzene rings is 1. The van der Waals surface area contributed by atoms with Gasteiger partial charge in [0.25, 0.3) is 0 Å². The molecule has 146 valence electrons. The molecule has 0 fully saturated rings. The van der Waals surface area contributed by atoms with E-state index in [0.717, 1.165) is 19.5 Å². The Kier molecular flexibility index (Phi) is 5.36. The third kappa shape index (κ3) is 3.90. The summed E-state index contributed by atoms with van der Waals surface area (Å²) >= 11 is 1.82. The number of fused-ring (bicyclic) bond motifs is 1. The summed E-state index contributed by atoms with van der Waals surface area (Å²) in [5, 5.41) is 7.09. The largest absolute Gasteiger partial charge is 0.497 e. The predicted octanol–water partition coefficient (Wildman–Crippen LogP) is 3.86. The van der Waals surface area contributed by atoms with E-state index in [-0.39, 0.29) is 6.03 Å². The SMILES string of the molecule is COc1cccc(NC(=O)NCc2c(-n3cccc3)sc3c2CCN(C)C3)c1. The van der Waals surface area contributed by atoms with E-state index in [4.69, 9.17) is 4.74 Å². The Morgan fingerprint density at radius 2 is 2.07 bits per heavy atom. The molecule has 0 saturated heterocycles. The minimum atomic E-state index is -0.223. The first-order valence-corrected chi connectivity index (χ1v) is 10.1. The normalized spacial score (nSPS) is 13.8. The van der Waals surface area contributed by atoms with Crippen molar-refractivity contribution in [1.29, 1.82) is 0 Å². The monoisotopic (exact) mass is 396 g/mol. The molecular formula is C21H24N4O2S. The van der Waals surface area contributed by atoms with Crippen molar-refractivity contribution in [3.63, 3.8) is 0 Å². The minimum Gasteiger partial charge on any atom is -0.497 e. The number of rotatable bonds is 5. The number of nitrogens with one attached hydrogen (secondary N) is 2. The van der Waals surface area contributed by atoms with Crippen LogP contribution in [0.1, 0.15) is 16.0 Å². The Labute approximate surface area is 168 Å². The number of hydrogen-bond acceptors (Lipinski definition) is 4. The summed E-state index contributed by atoms with van der Waals surface area (Å²) in [6.45, 7) is 2.50. The first-order chi connectivity index (χ1) is 13.6. The van der Waals surface area contributed by atoms with Crippen molar-refractivity contribution in [3.05, 3.63) is 64.8 Å². The van der Waals surface area contributed by atoms with Gasteiger partial charge in [0.1, 0.15) is 10.8 Å². The lowest BCUT2D eigenvalue weighted by molar-refractivity contribution is 0.251. The Hall–Kier alpha value is -2.77. The van der Waals surface area contributed by atoms with Gasteiger partial charge in [-0.15, -0.1) is 11.3 Å². The highest BCUT2D eigenvalue weighted by molar-refractivity contribution is 7.14. The topological polar surface area (TPSA) is 58.5 Å². The molecule has 28 heavy (non-hydrogen) atoms. The molecular weight excluding hydrogens is 372 g/mol. The van der Waals surface area contributed by atoms with Crippen LogP contribution in [0.25, 0.3) is 5.00 Å². The molecule has 3 aromatic rings. The van der Waals surface area contributed by atoms with Crippen molar-refractivity contribution in [1.82, 2.24) is 14.8 Å². The van der Waals surface area contributed by atoms with Gasteiger partial charge in [0, 0.05) is 54.2 Å². The lowest BCUT2D eigenvalue weighted by Gasteiger charge is -2.22. The average Bonchev–Trinajstić information content (AvgIpc) is 3.34. The Bertz CT molecular complexity index is 965. The van der Waals surface area contributed by atoms with Crippen LogP contribution in [0.3, 0.4) is 0 Å². The number of aromatic nitrogens is 1. The van der Waals surface area contributed by atoms with Gasteiger partial charge in [0.05, 0.1) is 7.11 Å². The van der Waals surface area contributed by atoms with Gasteiger partial charge in [-0.25, -0.2) is 4.79 Å². The minimum absolute atomic E-state index is 0.223. The molecule has 1 aliphatic heterocycles. The number of hydrogen-bond donors (Lipinski definition) is 2. The van der Waals surface area contributed by atoms with E-state index >= 15 is 0 Å². The van der Waals surface area contributed by atoms with Gasteiger partial charge in [0.15, 0.2) is 0 Å². The van der Waals surface area contributed by atoms with Gasteiger partial charge in [-0.2, -0.15) is 0 Å².